The summed E-state index contributed by atoms with van der Waals surface area (Å²) in [6, 6.07) is 9.11. The molecule has 1 aliphatic rings. The molecule has 0 aliphatic carbocycles. The van der Waals surface area contributed by atoms with Crippen molar-refractivity contribution in [2.45, 2.75) is 20.3 Å². The summed E-state index contributed by atoms with van der Waals surface area (Å²) in [5.41, 5.74) is 1.91. The predicted molar refractivity (Wildman–Crippen MR) is 109 cm³/mol. The number of carbonyl (C=O) groups is 4. The van der Waals surface area contributed by atoms with Gasteiger partial charge in [0.1, 0.15) is 0 Å². The van der Waals surface area contributed by atoms with Crippen molar-refractivity contribution in [3.05, 3.63) is 68.8 Å². The van der Waals surface area contributed by atoms with Gasteiger partial charge in [-0.3, -0.25) is 34.2 Å². The second kappa shape index (κ2) is 8.74. The number of benzene rings is 2. The first-order valence-corrected chi connectivity index (χ1v) is 9.34. The first-order valence-electron chi connectivity index (χ1n) is 9.34. The molecule has 1 N–H and O–H groups in total. The molecule has 10 heteroatoms. The molecule has 0 unspecified atom stereocenters. The van der Waals surface area contributed by atoms with Crippen molar-refractivity contribution in [2.24, 2.45) is 0 Å². The lowest BCUT2D eigenvalue weighted by Crippen LogP contribution is -2.32. The second-order valence-corrected chi connectivity index (χ2v) is 7.03. The summed E-state index contributed by atoms with van der Waals surface area (Å²) in [7, 11) is 0. The Morgan fingerprint density at radius 1 is 1.06 bits per heavy atom. The Balaban J connectivity index is 1.49. The lowest BCUT2D eigenvalue weighted by atomic mass is 10.1. The van der Waals surface area contributed by atoms with Gasteiger partial charge in [0.2, 0.25) is 0 Å². The molecule has 0 atom stereocenters. The number of hydrogen-bond acceptors (Lipinski definition) is 7. The molecule has 31 heavy (non-hydrogen) atoms. The number of nitro benzene ring substituents is 1. The lowest BCUT2D eigenvalue weighted by molar-refractivity contribution is -0.385. The molecule has 0 saturated heterocycles. The zero-order valence-corrected chi connectivity index (χ0v) is 16.8. The molecule has 10 nitrogen and oxygen atoms in total. The number of carbonyl (C=O) groups excluding carboxylic acids is 4. The van der Waals surface area contributed by atoms with E-state index in [2.05, 4.69) is 5.32 Å². The van der Waals surface area contributed by atoms with Crippen LogP contribution in [0.1, 0.15) is 38.3 Å². The fourth-order valence-corrected chi connectivity index (χ4v) is 3.11. The second-order valence-electron chi connectivity index (χ2n) is 7.03. The minimum atomic E-state index is -0.766. The molecule has 0 radical (unpaired) electrons. The van der Waals surface area contributed by atoms with Crippen LogP contribution in [0.15, 0.2) is 36.4 Å². The Morgan fingerprint density at radius 3 is 2.48 bits per heavy atom. The van der Waals surface area contributed by atoms with Crippen LogP contribution in [0.2, 0.25) is 0 Å². The number of nitro groups is 1. The van der Waals surface area contributed by atoms with E-state index in [-0.39, 0.29) is 29.9 Å². The van der Waals surface area contributed by atoms with Gasteiger partial charge < -0.3 is 10.1 Å². The van der Waals surface area contributed by atoms with Gasteiger partial charge in [-0.15, -0.1) is 0 Å². The summed E-state index contributed by atoms with van der Waals surface area (Å²) in [5, 5.41) is 13.4. The number of imide groups is 1. The maximum absolute atomic E-state index is 12.4. The monoisotopic (exact) mass is 425 g/mol. The zero-order valence-electron chi connectivity index (χ0n) is 16.8. The number of fused-ring (bicyclic) bond motifs is 1. The molecular weight excluding hydrogens is 406 g/mol. The third-order valence-corrected chi connectivity index (χ3v) is 4.72. The van der Waals surface area contributed by atoms with Crippen molar-refractivity contribution in [2.75, 3.05) is 18.5 Å². The summed E-state index contributed by atoms with van der Waals surface area (Å²) in [4.78, 5) is 60.0. The SMILES string of the molecule is Cc1ccc2c(c1)C(=O)N(CCC(=O)OCC(=O)Nc1ccc(C)c([N+](=O)[O-])c1)C2=O. The van der Waals surface area contributed by atoms with Crippen LogP contribution >= 0.6 is 0 Å². The molecule has 0 aromatic heterocycles. The van der Waals surface area contributed by atoms with Crippen LogP contribution in [-0.2, 0) is 14.3 Å². The average Bonchev–Trinajstić information content (AvgIpc) is 2.95. The topological polar surface area (TPSA) is 136 Å². The highest BCUT2D eigenvalue weighted by molar-refractivity contribution is 6.21. The summed E-state index contributed by atoms with van der Waals surface area (Å²) in [6.07, 6.45) is -0.270. The Morgan fingerprint density at radius 2 is 1.77 bits per heavy atom. The van der Waals surface area contributed by atoms with Crippen molar-refractivity contribution in [1.29, 1.82) is 0 Å². The molecule has 0 spiro atoms. The molecule has 3 rings (SSSR count). The maximum Gasteiger partial charge on any atom is 0.308 e. The van der Waals surface area contributed by atoms with Crippen molar-refractivity contribution in [3.8, 4) is 0 Å². The number of anilines is 1. The fourth-order valence-electron chi connectivity index (χ4n) is 3.11. The van der Waals surface area contributed by atoms with Crippen LogP contribution in [0.3, 0.4) is 0 Å². The Bertz CT molecular complexity index is 1110. The number of aryl methyl sites for hydroxylation is 2. The zero-order chi connectivity index (χ0) is 22.7. The highest BCUT2D eigenvalue weighted by atomic mass is 16.6. The van der Waals surface area contributed by atoms with Crippen LogP contribution in [0.4, 0.5) is 11.4 Å². The molecule has 2 aromatic carbocycles. The number of hydrogen-bond donors (Lipinski definition) is 1. The summed E-state index contributed by atoms with van der Waals surface area (Å²) in [6.45, 7) is 2.59. The third-order valence-electron chi connectivity index (χ3n) is 4.72. The normalized spacial score (nSPS) is 12.5. The molecule has 0 bridgehead atoms. The minimum Gasteiger partial charge on any atom is -0.456 e. The van der Waals surface area contributed by atoms with E-state index in [1.807, 2.05) is 0 Å². The van der Waals surface area contributed by atoms with E-state index in [4.69, 9.17) is 4.74 Å². The average molecular weight is 425 g/mol. The molecule has 1 heterocycles. The number of nitrogens with one attached hydrogen (secondary N) is 1. The van der Waals surface area contributed by atoms with Crippen LogP contribution in [-0.4, -0.2) is 46.7 Å². The van der Waals surface area contributed by atoms with Crippen LogP contribution in [0, 0.1) is 24.0 Å². The minimum absolute atomic E-state index is 0.147. The van der Waals surface area contributed by atoms with E-state index in [9.17, 15) is 29.3 Å². The quantitative estimate of drug-likeness (QED) is 0.311. The van der Waals surface area contributed by atoms with Gasteiger partial charge in [-0.2, -0.15) is 0 Å². The van der Waals surface area contributed by atoms with Crippen molar-refractivity contribution in [3.63, 3.8) is 0 Å². The first-order chi connectivity index (χ1) is 14.7. The van der Waals surface area contributed by atoms with Crippen LogP contribution in [0.5, 0.6) is 0 Å². The van der Waals surface area contributed by atoms with Gasteiger partial charge >= 0.3 is 5.97 Å². The molecule has 1 aliphatic heterocycles. The van der Waals surface area contributed by atoms with Gasteiger partial charge in [0.25, 0.3) is 23.4 Å². The van der Waals surface area contributed by atoms with Gasteiger partial charge in [0.15, 0.2) is 6.61 Å². The van der Waals surface area contributed by atoms with Gasteiger partial charge in [0.05, 0.1) is 22.5 Å². The van der Waals surface area contributed by atoms with E-state index in [1.54, 1.807) is 32.0 Å². The molecular formula is C21H19N3O7. The Labute approximate surface area is 176 Å². The lowest BCUT2D eigenvalue weighted by Gasteiger charge is -2.13. The Kier molecular flexibility index (Phi) is 6.10. The molecule has 0 saturated carbocycles. The number of esters is 1. The molecule has 0 fully saturated rings. The predicted octanol–water partition coefficient (Wildman–Crippen LogP) is 2.38. The standard InChI is InChI=1S/C21H19N3O7/c1-12-3-6-15-16(9-12)21(28)23(20(15)27)8-7-19(26)31-11-18(25)22-14-5-4-13(2)17(10-14)24(29)30/h3-6,9-10H,7-8,11H2,1-2H3,(H,22,25). The summed E-state index contributed by atoms with van der Waals surface area (Å²) in [5.74, 6) is -2.40. The molecule has 3 amide bonds. The highest BCUT2D eigenvalue weighted by Gasteiger charge is 2.35. The largest absolute Gasteiger partial charge is 0.456 e. The summed E-state index contributed by atoms with van der Waals surface area (Å²) >= 11 is 0. The number of amides is 3. The van der Waals surface area contributed by atoms with Crippen molar-refractivity contribution in [1.82, 2.24) is 4.90 Å². The van der Waals surface area contributed by atoms with Gasteiger partial charge in [-0.1, -0.05) is 17.7 Å². The van der Waals surface area contributed by atoms with Crippen LogP contribution < -0.4 is 5.32 Å². The van der Waals surface area contributed by atoms with Gasteiger partial charge in [-0.25, -0.2) is 0 Å². The van der Waals surface area contributed by atoms with Crippen molar-refractivity contribution < 1.29 is 28.8 Å². The highest BCUT2D eigenvalue weighted by Crippen LogP contribution is 2.24. The number of rotatable bonds is 7. The first kappa shape index (κ1) is 21.6. The van der Waals surface area contributed by atoms with E-state index in [0.717, 1.165) is 10.5 Å². The van der Waals surface area contributed by atoms with E-state index < -0.39 is 35.2 Å². The van der Waals surface area contributed by atoms with Crippen molar-refractivity contribution >= 4 is 35.1 Å². The molecule has 2 aromatic rings. The number of nitrogens with zero attached hydrogens (tertiary/aromatic N) is 2. The van der Waals surface area contributed by atoms with E-state index in [0.29, 0.717) is 11.1 Å². The summed E-state index contributed by atoms with van der Waals surface area (Å²) < 4.78 is 4.87. The van der Waals surface area contributed by atoms with Crippen LogP contribution in [0.25, 0.3) is 0 Å². The van der Waals surface area contributed by atoms with Gasteiger partial charge in [0, 0.05) is 23.9 Å². The fraction of sp³-hybridized carbons (Fsp3) is 0.238. The number of ether oxygens (including phenoxy) is 1. The third kappa shape index (κ3) is 4.74. The maximum atomic E-state index is 12.4. The van der Waals surface area contributed by atoms with E-state index >= 15 is 0 Å². The smallest absolute Gasteiger partial charge is 0.308 e. The molecule has 160 valence electrons. The Hall–Kier alpha value is -4.08. The van der Waals surface area contributed by atoms with E-state index in [1.165, 1.54) is 18.2 Å². The van der Waals surface area contributed by atoms with Gasteiger partial charge in [-0.05, 0) is 32.0 Å².